The number of hydrogen-bond donors (Lipinski definition) is 1. The molecule has 5 heteroatoms. The van der Waals surface area contributed by atoms with Gasteiger partial charge in [0.25, 0.3) is 5.69 Å². The van der Waals surface area contributed by atoms with Gasteiger partial charge in [0.1, 0.15) is 0 Å². The molecule has 94 valence electrons. The average Bonchev–Trinajstić information content (AvgIpc) is 2.25. The van der Waals surface area contributed by atoms with E-state index in [0.29, 0.717) is 10.9 Å². The fourth-order valence-corrected chi connectivity index (χ4v) is 1.74. The summed E-state index contributed by atoms with van der Waals surface area (Å²) in [7, 11) is 0. The fourth-order valence-electron chi connectivity index (χ4n) is 1.47. The number of benzene rings is 1. The van der Waals surface area contributed by atoms with E-state index in [2.05, 4.69) is 19.2 Å². The largest absolute Gasteiger partial charge is 0.316 e. The van der Waals surface area contributed by atoms with Crippen LogP contribution in [0.1, 0.15) is 19.4 Å². The van der Waals surface area contributed by atoms with E-state index in [4.69, 9.17) is 11.6 Å². The highest BCUT2D eigenvalue weighted by Gasteiger charge is 2.08. The van der Waals surface area contributed by atoms with Gasteiger partial charge in [0.15, 0.2) is 0 Å². The number of rotatable bonds is 6. The van der Waals surface area contributed by atoms with Gasteiger partial charge in [-0.3, -0.25) is 10.1 Å². The molecule has 0 bridgehead atoms. The van der Waals surface area contributed by atoms with Crippen LogP contribution in [0.3, 0.4) is 0 Å². The third kappa shape index (κ3) is 4.71. The maximum absolute atomic E-state index is 10.5. The zero-order valence-corrected chi connectivity index (χ0v) is 10.8. The van der Waals surface area contributed by atoms with E-state index in [1.165, 1.54) is 12.1 Å². The van der Waals surface area contributed by atoms with Gasteiger partial charge in [0.05, 0.1) is 9.95 Å². The minimum atomic E-state index is -0.438. The van der Waals surface area contributed by atoms with Gasteiger partial charge < -0.3 is 5.32 Å². The third-order valence-electron chi connectivity index (χ3n) is 2.37. The molecule has 17 heavy (non-hydrogen) atoms. The van der Waals surface area contributed by atoms with Crippen LogP contribution in [0.4, 0.5) is 5.69 Å². The lowest BCUT2D eigenvalue weighted by Crippen LogP contribution is -2.22. The van der Waals surface area contributed by atoms with Crippen LogP contribution in [0.15, 0.2) is 18.2 Å². The summed E-state index contributed by atoms with van der Waals surface area (Å²) in [5.41, 5.74) is 0.974. The normalized spacial score (nSPS) is 10.8. The Balaban J connectivity index is 2.52. The summed E-state index contributed by atoms with van der Waals surface area (Å²) in [6.07, 6.45) is 0.781. The quantitative estimate of drug-likeness (QED) is 0.484. The number of nitrogens with one attached hydrogen (secondary N) is 1. The summed E-state index contributed by atoms with van der Waals surface area (Å²) in [4.78, 5) is 10.1. The Hall–Kier alpha value is -1.13. The van der Waals surface area contributed by atoms with Crippen LogP contribution in [0.25, 0.3) is 0 Å². The number of halogens is 1. The van der Waals surface area contributed by atoms with Crippen molar-refractivity contribution >= 4 is 17.3 Å². The molecule has 0 atom stereocenters. The highest BCUT2D eigenvalue weighted by Crippen LogP contribution is 2.22. The first kappa shape index (κ1) is 13.9. The summed E-state index contributed by atoms with van der Waals surface area (Å²) in [6, 6.07) is 4.61. The Morgan fingerprint density at radius 2 is 2.18 bits per heavy atom. The number of nitro groups is 1. The summed E-state index contributed by atoms with van der Waals surface area (Å²) in [5, 5.41) is 14.3. The number of non-ortho nitro benzene ring substituents is 1. The van der Waals surface area contributed by atoms with Gasteiger partial charge in [-0.1, -0.05) is 31.5 Å². The predicted octanol–water partition coefficient (Wildman–Crippen LogP) is 3.04. The van der Waals surface area contributed by atoms with Gasteiger partial charge in [0.2, 0.25) is 0 Å². The molecule has 0 aromatic heterocycles. The summed E-state index contributed by atoms with van der Waals surface area (Å²) in [5.74, 6) is 0.613. The van der Waals surface area contributed by atoms with Crippen molar-refractivity contribution in [3.05, 3.63) is 38.9 Å². The lowest BCUT2D eigenvalue weighted by molar-refractivity contribution is -0.384. The van der Waals surface area contributed by atoms with Crippen LogP contribution in [-0.2, 0) is 6.42 Å². The van der Waals surface area contributed by atoms with E-state index < -0.39 is 4.92 Å². The van der Waals surface area contributed by atoms with E-state index in [1.807, 2.05) is 0 Å². The highest BCUT2D eigenvalue weighted by atomic mass is 35.5. The molecule has 0 aliphatic heterocycles. The summed E-state index contributed by atoms with van der Waals surface area (Å²) >= 11 is 5.98. The molecule has 4 nitrogen and oxygen atoms in total. The van der Waals surface area contributed by atoms with E-state index in [-0.39, 0.29) is 5.69 Å². The lowest BCUT2D eigenvalue weighted by Gasteiger charge is -2.08. The fraction of sp³-hybridized carbons (Fsp3) is 0.500. The van der Waals surface area contributed by atoms with Crippen molar-refractivity contribution in [1.82, 2.24) is 5.32 Å². The molecular formula is C12H17ClN2O2. The smallest absolute Gasteiger partial charge is 0.270 e. The third-order valence-corrected chi connectivity index (χ3v) is 2.72. The Morgan fingerprint density at radius 1 is 1.47 bits per heavy atom. The van der Waals surface area contributed by atoms with Crippen LogP contribution >= 0.6 is 11.6 Å². The van der Waals surface area contributed by atoms with Crippen LogP contribution in [-0.4, -0.2) is 18.0 Å². The number of nitro benzene ring substituents is 1. The van der Waals surface area contributed by atoms with Gasteiger partial charge in [-0.15, -0.1) is 0 Å². The first-order valence-electron chi connectivity index (χ1n) is 5.64. The molecule has 0 saturated carbocycles. The van der Waals surface area contributed by atoms with Crippen LogP contribution in [0, 0.1) is 16.0 Å². The first-order chi connectivity index (χ1) is 8.00. The molecule has 1 N–H and O–H groups in total. The van der Waals surface area contributed by atoms with E-state index in [9.17, 15) is 10.1 Å². The second kappa shape index (κ2) is 6.57. The predicted molar refractivity (Wildman–Crippen MR) is 69.5 cm³/mol. The SMILES string of the molecule is CC(C)CNCCc1ccc([N+](=O)[O-])cc1Cl. The Bertz CT molecular complexity index is 394. The van der Waals surface area contributed by atoms with Crippen LogP contribution in [0.2, 0.25) is 5.02 Å². The van der Waals surface area contributed by atoms with Crippen molar-refractivity contribution < 1.29 is 4.92 Å². The molecule has 0 saturated heterocycles. The zero-order valence-electron chi connectivity index (χ0n) is 10.1. The van der Waals surface area contributed by atoms with Crippen molar-refractivity contribution in [1.29, 1.82) is 0 Å². The minimum Gasteiger partial charge on any atom is -0.316 e. The van der Waals surface area contributed by atoms with E-state index >= 15 is 0 Å². The van der Waals surface area contributed by atoms with Gasteiger partial charge in [0, 0.05) is 12.1 Å². The standard InChI is InChI=1S/C12H17ClN2O2/c1-9(2)8-14-6-5-10-3-4-11(15(16)17)7-12(10)13/h3-4,7,9,14H,5-6,8H2,1-2H3. The number of nitrogens with zero attached hydrogens (tertiary/aromatic N) is 1. The molecule has 0 spiro atoms. The van der Waals surface area contributed by atoms with Crippen molar-refractivity contribution in [2.45, 2.75) is 20.3 Å². The molecule has 0 heterocycles. The Labute approximate surface area is 106 Å². The van der Waals surface area contributed by atoms with E-state index in [1.54, 1.807) is 6.07 Å². The zero-order chi connectivity index (χ0) is 12.8. The monoisotopic (exact) mass is 256 g/mol. The highest BCUT2D eigenvalue weighted by molar-refractivity contribution is 6.31. The molecule has 0 amide bonds. The lowest BCUT2D eigenvalue weighted by atomic mass is 10.1. The first-order valence-corrected chi connectivity index (χ1v) is 6.02. The van der Waals surface area contributed by atoms with Gasteiger partial charge in [-0.2, -0.15) is 0 Å². The van der Waals surface area contributed by atoms with Crippen molar-refractivity contribution in [2.24, 2.45) is 5.92 Å². The second-order valence-corrected chi connectivity index (χ2v) is 4.79. The maximum Gasteiger partial charge on any atom is 0.270 e. The number of hydrogen-bond acceptors (Lipinski definition) is 3. The van der Waals surface area contributed by atoms with Crippen LogP contribution in [0.5, 0.6) is 0 Å². The molecule has 1 aromatic carbocycles. The van der Waals surface area contributed by atoms with Gasteiger partial charge in [-0.25, -0.2) is 0 Å². The molecule has 0 unspecified atom stereocenters. The second-order valence-electron chi connectivity index (χ2n) is 4.38. The molecule has 0 fully saturated rings. The summed E-state index contributed by atoms with van der Waals surface area (Å²) in [6.45, 7) is 6.08. The molecule has 0 radical (unpaired) electrons. The Kier molecular flexibility index (Phi) is 5.38. The van der Waals surface area contributed by atoms with E-state index in [0.717, 1.165) is 25.1 Å². The molecule has 1 rings (SSSR count). The van der Waals surface area contributed by atoms with Gasteiger partial charge >= 0.3 is 0 Å². The minimum absolute atomic E-state index is 0.0360. The molecule has 0 aliphatic carbocycles. The van der Waals surface area contributed by atoms with Crippen LogP contribution < -0.4 is 5.32 Å². The summed E-state index contributed by atoms with van der Waals surface area (Å²) < 4.78 is 0. The topological polar surface area (TPSA) is 55.2 Å². The van der Waals surface area contributed by atoms with Gasteiger partial charge in [-0.05, 0) is 31.0 Å². The van der Waals surface area contributed by atoms with Crippen molar-refractivity contribution in [2.75, 3.05) is 13.1 Å². The average molecular weight is 257 g/mol. The Morgan fingerprint density at radius 3 is 2.71 bits per heavy atom. The molecule has 0 aliphatic rings. The molecule has 1 aromatic rings. The maximum atomic E-state index is 10.5. The van der Waals surface area contributed by atoms with Crippen molar-refractivity contribution in [3.63, 3.8) is 0 Å². The van der Waals surface area contributed by atoms with Crippen molar-refractivity contribution in [3.8, 4) is 0 Å². The molecular weight excluding hydrogens is 240 g/mol.